The molecular formula is C19H16FN7O2. The molecule has 10 heteroatoms. The molecule has 9 nitrogen and oxygen atoms in total. The zero-order chi connectivity index (χ0) is 20.0. The molecule has 0 bridgehead atoms. The van der Waals surface area contributed by atoms with Crippen LogP contribution in [0.2, 0.25) is 0 Å². The number of para-hydroxylation sites is 1. The van der Waals surface area contributed by atoms with Gasteiger partial charge in [-0.2, -0.15) is 10.3 Å². The van der Waals surface area contributed by atoms with E-state index in [0.29, 0.717) is 52.3 Å². The molecule has 0 radical (unpaired) electrons. The molecule has 0 aliphatic carbocycles. The summed E-state index contributed by atoms with van der Waals surface area (Å²) < 4.78 is 19.4. The van der Waals surface area contributed by atoms with Crippen LogP contribution in [-0.4, -0.2) is 44.9 Å². The number of halogens is 1. The van der Waals surface area contributed by atoms with E-state index >= 15 is 0 Å². The third-order valence-corrected chi connectivity index (χ3v) is 4.89. The largest absolute Gasteiger partial charge is 0.492 e. The summed E-state index contributed by atoms with van der Waals surface area (Å²) in [5.41, 5.74) is 4.54. The number of aromatic nitrogens is 5. The minimum absolute atomic E-state index is 0.0610. The van der Waals surface area contributed by atoms with E-state index in [1.54, 1.807) is 24.4 Å². The van der Waals surface area contributed by atoms with Crippen molar-refractivity contribution in [3.8, 4) is 17.0 Å². The Bertz CT molecular complexity index is 1250. The fourth-order valence-corrected chi connectivity index (χ4v) is 3.61. The molecule has 0 atom stereocenters. The summed E-state index contributed by atoms with van der Waals surface area (Å²) in [6.45, 7) is 0.532. The minimum Gasteiger partial charge on any atom is -0.492 e. The number of pyridine rings is 1. The number of H-pyrrole nitrogens is 2. The van der Waals surface area contributed by atoms with Crippen molar-refractivity contribution in [3.63, 3.8) is 0 Å². The van der Waals surface area contributed by atoms with Gasteiger partial charge in [-0.05, 0) is 18.2 Å². The van der Waals surface area contributed by atoms with Crippen molar-refractivity contribution in [2.24, 2.45) is 0 Å². The molecule has 3 aromatic heterocycles. The molecule has 0 saturated carbocycles. The van der Waals surface area contributed by atoms with E-state index in [4.69, 9.17) is 4.74 Å². The number of aromatic amines is 2. The van der Waals surface area contributed by atoms with Gasteiger partial charge in [0.2, 0.25) is 5.65 Å². The number of carbonyl (C=O) groups excluding carboxylic acids is 1. The van der Waals surface area contributed by atoms with Crippen LogP contribution in [0, 0.1) is 5.82 Å². The molecule has 0 unspecified atom stereocenters. The van der Waals surface area contributed by atoms with Crippen molar-refractivity contribution in [1.82, 2.24) is 30.7 Å². The first kappa shape index (κ1) is 17.2. The number of nitrogens with one attached hydrogen (secondary N) is 4. The van der Waals surface area contributed by atoms with Crippen LogP contribution in [0.1, 0.15) is 16.1 Å². The van der Waals surface area contributed by atoms with Gasteiger partial charge in [0.1, 0.15) is 5.52 Å². The molecule has 1 aromatic carbocycles. The first-order valence-corrected chi connectivity index (χ1v) is 8.95. The van der Waals surface area contributed by atoms with Crippen molar-refractivity contribution in [1.29, 1.82) is 0 Å². The Morgan fingerprint density at radius 3 is 3.00 bits per heavy atom. The third kappa shape index (κ3) is 2.68. The fraction of sp³-hybridized carbons (Fsp3) is 0.158. The lowest BCUT2D eigenvalue weighted by molar-refractivity contribution is 0.0947. The van der Waals surface area contributed by atoms with Crippen LogP contribution in [0.4, 0.5) is 15.8 Å². The van der Waals surface area contributed by atoms with Crippen LogP contribution < -0.4 is 15.4 Å². The van der Waals surface area contributed by atoms with Gasteiger partial charge >= 0.3 is 0 Å². The Labute approximate surface area is 163 Å². The van der Waals surface area contributed by atoms with Gasteiger partial charge in [-0.15, -0.1) is 5.10 Å². The number of benzene rings is 1. The second-order valence-electron chi connectivity index (χ2n) is 6.53. The van der Waals surface area contributed by atoms with Crippen molar-refractivity contribution in [2.45, 2.75) is 6.42 Å². The third-order valence-electron chi connectivity index (χ3n) is 4.89. The lowest BCUT2D eigenvalue weighted by Gasteiger charge is -2.16. The average Bonchev–Trinajstić information content (AvgIpc) is 3.34. The molecular weight excluding hydrogens is 377 g/mol. The van der Waals surface area contributed by atoms with Crippen molar-refractivity contribution < 1.29 is 13.9 Å². The summed E-state index contributed by atoms with van der Waals surface area (Å²) in [5, 5.41) is 16.8. The molecule has 29 heavy (non-hydrogen) atoms. The Hall–Kier alpha value is -3.95. The summed E-state index contributed by atoms with van der Waals surface area (Å²) in [4.78, 5) is 20.2. The molecule has 1 aliphatic rings. The molecule has 4 heterocycles. The average molecular weight is 393 g/mol. The summed E-state index contributed by atoms with van der Waals surface area (Å²) in [7, 11) is 1.39. The van der Waals surface area contributed by atoms with E-state index in [2.05, 4.69) is 36.0 Å². The number of methoxy groups -OCH3 is 1. The van der Waals surface area contributed by atoms with Crippen molar-refractivity contribution >= 4 is 28.4 Å². The maximum Gasteiger partial charge on any atom is 0.255 e. The van der Waals surface area contributed by atoms with Gasteiger partial charge in [0, 0.05) is 30.4 Å². The molecule has 146 valence electrons. The molecule has 1 aliphatic heterocycles. The molecule has 1 amide bonds. The maximum absolute atomic E-state index is 14.2. The summed E-state index contributed by atoms with van der Waals surface area (Å²) in [5.74, 6) is -0.654. The van der Waals surface area contributed by atoms with E-state index in [1.807, 2.05) is 0 Å². The van der Waals surface area contributed by atoms with Gasteiger partial charge < -0.3 is 20.4 Å². The smallest absolute Gasteiger partial charge is 0.255 e. The van der Waals surface area contributed by atoms with Gasteiger partial charge in [0.25, 0.3) is 5.91 Å². The van der Waals surface area contributed by atoms with Gasteiger partial charge in [0.15, 0.2) is 11.6 Å². The Morgan fingerprint density at radius 2 is 2.14 bits per heavy atom. The van der Waals surface area contributed by atoms with E-state index in [1.165, 1.54) is 13.2 Å². The van der Waals surface area contributed by atoms with Gasteiger partial charge in [0.05, 0.1) is 29.7 Å². The molecule has 4 aromatic rings. The van der Waals surface area contributed by atoms with Crippen LogP contribution in [0.25, 0.3) is 22.4 Å². The molecule has 4 N–H and O–H groups in total. The number of rotatable bonds is 4. The van der Waals surface area contributed by atoms with E-state index in [9.17, 15) is 9.18 Å². The van der Waals surface area contributed by atoms with Crippen LogP contribution >= 0.6 is 0 Å². The quantitative estimate of drug-likeness (QED) is 0.423. The first-order valence-electron chi connectivity index (χ1n) is 8.95. The predicted molar refractivity (Wildman–Crippen MR) is 104 cm³/mol. The summed E-state index contributed by atoms with van der Waals surface area (Å²) >= 11 is 0. The molecule has 0 saturated heterocycles. The normalized spacial score (nSPS) is 13.2. The maximum atomic E-state index is 14.2. The molecule has 0 spiro atoms. The number of nitrogens with zero attached hydrogens (tertiary/aromatic N) is 3. The van der Waals surface area contributed by atoms with Gasteiger partial charge in [-0.1, -0.05) is 6.07 Å². The number of carbonyl (C=O) groups is 1. The SMILES string of the molecule is COc1c(F)cccc1Nc1c(-c2ccnc3n[nH]nc23)[nH]c2c1C(=O)NCC2. The summed E-state index contributed by atoms with van der Waals surface area (Å²) in [6.07, 6.45) is 2.26. The second-order valence-corrected chi connectivity index (χ2v) is 6.53. The highest BCUT2D eigenvalue weighted by Gasteiger charge is 2.28. The molecule has 0 fully saturated rings. The highest BCUT2D eigenvalue weighted by atomic mass is 19.1. The highest BCUT2D eigenvalue weighted by molar-refractivity contribution is 6.08. The zero-order valence-electron chi connectivity index (χ0n) is 15.3. The van der Waals surface area contributed by atoms with E-state index in [-0.39, 0.29) is 11.7 Å². The standard InChI is InChI=1S/C19H16FN7O2/c1-29-17-10(20)3-2-4-12(17)24-16-13-11(6-8-22-19(13)28)23-14(16)9-5-7-21-18-15(9)25-27-26-18/h2-5,7,23-24H,6,8H2,1H3,(H,22,28)(H,21,25,26,27). The van der Waals surface area contributed by atoms with Crippen molar-refractivity contribution in [3.05, 3.63) is 47.5 Å². The highest BCUT2D eigenvalue weighted by Crippen LogP contribution is 2.40. The number of amides is 1. The Morgan fingerprint density at radius 1 is 1.24 bits per heavy atom. The van der Waals surface area contributed by atoms with Crippen LogP contribution in [0.3, 0.4) is 0 Å². The van der Waals surface area contributed by atoms with Crippen LogP contribution in [0.5, 0.6) is 5.75 Å². The second kappa shape index (κ2) is 6.59. The van der Waals surface area contributed by atoms with Gasteiger partial charge in [-0.3, -0.25) is 4.79 Å². The number of ether oxygens (including phenoxy) is 1. The lowest BCUT2D eigenvalue weighted by atomic mass is 10.0. The number of anilines is 2. The number of hydrogen-bond donors (Lipinski definition) is 4. The lowest BCUT2D eigenvalue weighted by Crippen LogP contribution is -2.31. The van der Waals surface area contributed by atoms with E-state index in [0.717, 1.165) is 5.69 Å². The minimum atomic E-state index is -0.504. The first-order chi connectivity index (χ1) is 14.2. The Kier molecular flexibility index (Phi) is 3.90. The van der Waals surface area contributed by atoms with Crippen molar-refractivity contribution in [2.75, 3.05) is 19.0 Å². The van der Waals surface area contributed by atoms with Gasteiger partial charge in [-0.25, -0.2) is 9.37 Å². The fourth-order valence-electron chi connectivity index (χ4n) is 3.61. The monoisotopic (exact) mass is 393 g/mol. The zero-order valence-corrected chi connectivity index (χ0v) is 15.3. The number of hydrogen-bond acceptors (Lipinski definition) is 6. The topological polar surface area (TPSA) is 121 Å². The van der Waals surface area contributed by atoms with E-state index < -0.39 is 5.82 Å². The predicted octanol–water partition coefficient (Wildman–Crippen LogP) is 2.53. The molecule has 5 rings (SSSR count). The summed E-state index contributed by atoms with van der Waals surface area (Å²) in [6, 6.07) is 6.35. The van der Waals surface area contributed by atoms with Crippen LogP contribution in [0.15, 0.2) is 30.5 Å². The van der Waals surface area contributed by atoms with Crippen LogP contribution in [-0.2, 0) is 6.42 Å². The number of fused-ring (bicyclic) bond motifs is 2. The Balaban J connectivity index is 1.74.